The van der Waals surface area contributed by atoms with Crippen molar-refractivity contribution in [3.63, 3.8) is 0 Å². The number of ether oxygens (including phenoxy) is 1. The number of aldehydes is 1. The zero-order valence-electron chi connectivity index (χ0n) is 8.02. The molecule has 0 aromatic heterocycles. The lowest BCUT2D eigenvalue weighted by molar-refractivity contribution is -0.107. The van der Waals surface area contributed by atoms with E-state index in [1.807, 2.05) is 0 Å². The number of hydrogen-bond donors (Lipinski definition) is 0. The molecule has 1 aromatic rings. The van der Waals surface area contributed by atoms with Crippen molar-refractivity contribution in [1.29, 1.82) is 0 Å². The Labute approximate surface area is 84.7 Å². The second-order valence-corrected chi connectivity index (χ2v) is 2.87. The minimum atomic E-state index is -1.28. The maximum atomic E-state index is 13.2. The fourth-order valence-electron chi connectivity index (χ4n) is 1.28. The van der Waals surface area contributed by atoms with Gasteiger partial charge in [0.05, 0.1) is 7.11 Å². The first-order chi connectivity index (χ1) is 7.11. The van der Waals surface area contributed by atoms with Gasteiger partial charge < -0.3 is 9.53 Å². The summed E-state index contributed by atoms with van der Waals surface area (Å²) in [5, 5.41) is 0. The van der Waals surface area contributed by atoms with Crippen LogP contribution in [0.1, 0.15) is 12.0 Å². The molecule has 0 saturated heterocycles. The smallest absolute Gasteiger partial charge is 0.168 e. The lowest BCUT2D eigenvalue weighted by atomic mass is 10.1. The summed E-state index contributed by atoms with van der Waals surface area (Å²) in [5.41, 5.74) is -0.248. The van der Waals surface area contributed by atoms with E-state index in [4.69, 9.17) is 0 Å². The standard InChI is InChI=1S/C10H9F3O2/c1-15-10-6(3-2-4-14)9(13)7(11)5-8(10)12/h4-5H,2-3H2,1H3. The first-order valence-electron chi connectivity index (χ1n) is 4.25. The van der Waals surface area contributed by atoms with Gasteiger partial charge >= 0.3 is 0 Å². The maximum absolute atomic E-state index is 13.2. The third-order valence-corrected chi connectivity index (χ3v) is 1.94. The number of carbonyl (C=O) groups excluding carboxylic acids is 1. The zero-order valence-corrected chi connectivity index (χ0v) is 8.02. The molecule has 0 radical (unpaired) electrons. The van der Waals surface area contributed by atoms with Crippen molar-refractivity contribution >= 4 is 6.29 Å². The van der Waals surface area contributed by atoms with Gasteiger partial charge in [0.25, 0.3) is 0 Å². The molecule has 0 fully saturated rings. The van der Waals surface area contributed by atoms with E-state index >= 15 is 0 Å². The maximum Gasteiger partial charge on any atom is 0.168 e. The second kappa shape index (κ2) is 4.82. The van der Waals surface area contributed by atoms with Crippen LogP contribution in [-0.4, -0.2) is 13.4 Å². The van der Waals surface area contributed by atoms with Crippen LogP contribution >= 0.6 is 0 Å². The Morgan fingerprint density at radius 1 is 1.33 bits per heavy atom. The number of carbonyl (C=O) groups is 1. The molecule has 82 valence electrons. The Kier molecular flexibility index (Phi) is 3.71. The van der Waals surface area contributed by atoms with Crippen molar-refractivity contribution in [2.45, 2.75) is 12.8 Å². The minimum absolute atomic E-state index is 0.0177. The molecule has 0 aliphatic heterocycles. The molecule has 2 nitrogen and oxygen atoms in total. The fraction of sp³-hybridized carbons (Fsp3) is 0.300. The Bertz CT molecular complexity index is 377. The van der Waals surface area contributed by atoms with Gasteiger partial charge in [0.15, 0.2) is 23.2 Å². The summed E-state index contributed by atoms with van der Waals surface area (Å²) in [6.07, 6.45) is 0.436. The van der Waals surface area contributed by atoms with Gasteiger partial charge in [0, 0.05) is 18.1 Å². The molecule has 0 bridgehead atoms. The number of halogens is 3. The van der Waals surface area contributed by atoms with E-state index in [-0.39, 0.29) is 24.2 Å². The normalized spacial score (nSPS) is 10.1. The third kappa shape index (κ3) is 2.29. The van der Waals surface area contributed by atoms with Crippen LogP contribution in [-0.2, 0) is 11.2 Å². The predicted molar refractivity (Wildman–Crippen MR) is 47.3 cm³/mol. The topological polar surface area (TPSA) is 26.3 Å². The molecule has 0 spiro atoms. The highest BCUT2D eigenvalue weighted by Gasteiger charge is 2.18. The van der Waals surface area contributed by atoms with Crippen molar-refractivity contribution in [2.24, 2.45) is 0 Å². The van der Waals surface area contributed by atoms with Crippen LogP contribution in [0.3, 0.4) is 0 Å². The zero-order chi connectivity index (χ0) is 11.4. The van der Waals surface area contributed by atoms with Crippen LogP contribution in [0.5, 0.6) is 5.75 Å². The number of rotatable bonds is 4. The summed E-state index contributed by atoms with van der Waals surface area (Å²) >= 11 is 0. The molecule has 0 heterocycles. The molecule has 0 saturated carbocycles. The molecular weight excluding hydrogens is 209 g/mol. The van der Waals surface area contributed by atoms with Crippen LogP contribution in [0.2, 0.25) is 0 Å². The molecule has 0 atom stereocenters. The van der Waals surface area contributed by atoms with Gasteiger partial charge in [-0.25, -0.2) is 13.2 Å². The molecule has 15 heavy (non-hydrogen) atoms. The van der Waals surface area contributed by atoms with E-state index in [1.54, 1.807) is 0 Å². The summed E-state index contributed by atoms with van der Waals surface area (Å²) in [6, 6.07) is 0.415. The highest BCUT2D eigenvalue weighted by Crippen LogP contribution is 2.28. The second-order valence-electron chi connectivity index (χ2n) is 2.87. The summed E-state index contributed by atoms with van der Waals surface area (Å²) in [7, 11) is 1.15. The van der Waals surface area contributed by atoms with E-state index in [2.05, 4.69) is 4.74 Å². The van der Waals surface area contributed by atoms with Gasteiger partial charge in [-0.3, -0.25) is 0 Å². The molecular formula is C10H9F3O2. The molecule has 1 rings (SSSR count). The van der Waals surface area contributed by atoms with E-state index in [1.165, 1.54) is 0 Å². The van der Waals surface area contributed by atoms with Crippen molar-refractivity contribution < 1.29 is 22.7 Å². The summed E-state index contributed by atoms with van der Waals surface area (Å²) in [5.74, 6) is -3.78. The monoisotopic (exact) mass is 218 g/mol. The van der Waals surface area contributed by atoms with Crippen molar-refractivity contribution in [3.8, 4) is 5.75 Å². The third-order valence-electron chi connectivity index (χ3n) is 1.94. The van der Waals surface area contributed by atoms with Crippen molar-refractivity contribution in [1.82, 2.24) is 0 Å². The van der Waals surface area contributed by atoms with Gasteiger partial charge in [-0.2, -0.15) is 0 Å². The Morgan fingerprint density at radius 2 is 2.00 bits per heavy atom. The molecule has 5 heteroatoms. The van der Waals surface area contributed by atoms with Crippen LogP contribution in [0, 0.1) is 17.5 Å². The first-order valence-corrected chi connectivity index (χ1v) is 4.25. The average Bonchev–Trinajstić information content (AvgIpc) is 2.21. The summed E-state index contributed by atoms with van der Waals surface area (Å²) < 4.78 is 43.7. The van der Waals surface area contributed by atoms with E-state index in [0.717, 1.165) is 7.11 Å². The Balaban J connectivity index is 3.23. The predicted octanol–water partition coefficient (Wildman–Crippen LogP) is 2.24. The Hall–Kier alpha value is -1.52. The molecule has 0 N–H and O–H groups in total. The van der Waals surface area contributed by atoms with E-state index < -0.39 is 17.5 Å². The van der Waals surface area contributed by atoms with Crippen LogP contribution in [0.15, 0.2) is 6.07 Å². The van der Waals surface area contributed by atoms with Gasteiger partial charge in [-0.15, -0.1) is 0 Å². The Morgan fingerprint density at radius 3 is 2.53 bits per heavy atom. The molecule has 0 aliphatic carbocycles. The fourth-order valence-corrected chi connectivity index (χ4v) is 1.28. The van der Waals surface area contributed by atoms with Crippen LogP contribution < -0.4 is 4.74 Å². The first kappa shape index (κ1) is 11.6. The molecule has 1 aromatic carbocycles. The number of methoxy groups -OCH3 is 1. The summed E-state index contributed by atoms with van der Waals surface area (Å²) in [4.78, 5) is 10.1. The van der Waals surface area contributed by atoms with E-state index in [9.17, 15) is 18.0 Å². The lowest BCUT2D eigenvalue weighted by Gasteiger charge is -2.09. The van der Waals surface area contributed by atoms with E-state index in [0.29, 0.717) is 12.4 Å². The average molecular weight is 218 g/mol. The largest absolute Gasteiger partial charge is 0.493 e. The molecule has 0 amide bonds. The quantitative estimate of drug-likeness (QED) is 0.572. The van der Waals surface area contributed by atoms with Gasteiger partial charge in [0.2, 0.25) is 0 Å². The van der Waals surface area contributed by atoms with Crippen molar-refractivity contribution in [3.05, 3.63) is 29.1 Å². The molecule has 0 unspecified atom stereocenters. The van der Waals surface area contributed by atoms with Gasteiger partial charge in [-0.05, 0) is 6.42 Å². The SMILES string of the molecule is COc1c(F)cc(F)c(F)c1CCC=O. The highest BCUT2D eigenvalue weighted by atomic mass is 19.2. The highest BCUT2D eigenvalue weighted by molar-refractivity contribution is 5.51. The van der Waals surface area contributed by atoms with Crippen LogP contribution in [0.25, 0.3) is 0 Å². The minimum Gasteiger partial charge on any atom is -0.493 e. The van der Waals surface area contributed by atoms with Gasteiger partial charge in [0.1, 0.15) is 6.29 Å². The lowest BCUT2D eigenvalue weighted by Crippen LogP contribution is -2.02. The summed E-state index contributed by atoms with van der Waals surface area (Å²) in [6.45, 7) is 0. The van der Waals surface area contributed by atoms with Gasteiger partial charge in [-0.1, -0.05) is 0 Å². The molecule has 0 aliphatic rings. The number of hydrogen-bond acceptors (Lipinski definition) is 2. The van der Waals surface area contributed by atoms with Crippen LogP contribution in [0.4, 0.5) is 13.2 Å². The van der Waals surface area contributed by atoms with Crippen molar-refractivity contribution in [2.75, 3.05) is 7.11 Å². The number of benzene rings is 1.